The molecule has 1 saturated carbocycles. The normalized spacial score (nSPS) is 13.9. The van der Waals surface area contributed by atoms with Crippen molar-refractivity contribution in [3.63, 3.8) is 0 Å². The molecule has 0 atom stereocenters. The molecule has 0 spiro atoms. The molecular formula is C23H26BrN3O3S. The van der Waals surface area contributed by atoms with E-state index >= 15 is 0 Å². The van der Waals surface area contributed by atoms with Gasteiger partial charge in [-0.3, -0.25) is 14.9 Å². The number of rotatable bonds is 6. The molecule has 0 unspecified atom stereocenters. The number of benzene rings is 2. The van der Waals surface area contributed by atoms with Gasteiger partial charge < -0.3 is 15.4 Å². The monoisotopic (exact) mass is 503 g/mol. The quantitative estimate of drug-likeness (QED) is 0.481. The highest BCUT2D eigenvalue weighted by Crippen LogP contribution is 2.24. The Labute approximate surface area is 196 Å². The number of hydrogen-bond acceptors (Lipinski definition) is 4. The molecule has 0 bridgehead atoms. The van der Waals surface area contributed by atoms with Crippen molar-refractivity contribution >= 4 is 50.8 Å². The number of nitrogens with one attached hydrogen (secondary N) is 3. The first-order valence-electron chi connectivity index (χ1n) is 10.4. The molecular weight excluding hydrogens is 478 g/mol. The van der Waals surface area contributed by atoms with E-state index in [1.807, 2.05) is 13.0 Å². The van der Waals surface area contributed by atoms with E-state index < -0.39 is 5.91 Å². The third-order valence-corrected chi connectivity index (χ3v) is 5.77. The standard InChI is InChI=1S/C23H26BrN3O3S/c1-2-30-20-13-12-15(24)14-18(20)22(29)27-23(31)26-19-11-7-6-10-17(19)21(28)25-16-8-4-3-5-9-16/h6-7,10-14,16H,2-5,8-9H2,1H3,(H,25,28)(H2,26,27,29,31). The first-order valence-corrected chi connectivity index (χ1v) is 11.6. The fraction of sp³-hybridized carbons (Fsp3) is 0.348. The fourth-order valence-electron chi connectivity index (χ4n) is 3.59. The van der Waals surface area contributed by atoms with Crippen LogP contribution in [-0.4, -0.2) is 29.6 Å². The lowest BCUT2D eigenvalue weighted by atomic mass is 9.95. The number of amides is 2. The van der Waals surface area contributed by atoms with Crippen LogP contribution in [0.4, 0.5) is 5.69 Å². The van der Waals surface area contributed by atoms with E-state index in [4.69, 9.17) is 17.0 Å². The Bertz CT molecular complexity index is 961. The van der Waals surface area contributed by atoms with Crippen LogP contribution in [0, 0.1) is 0 Å². The van der Waals surface area contributed by atoms with Crippen LogP contribution in [0.1, 0.15) is 59.7 Å². The second-order valence-electron chi connectivity index (χ2n) is 7.34. The van der Waals surface area contributed by atoms with Crippen molar-refractivity contribution in [1.82, 2.24) is 10.6 Å². The van der Waals surface area contributed by atoms with Gasteiger partial charge in [-0.1, -0.05) is 47.3 Å². The highest BCUT2D eigenvalue weighted by molar-refractivity contribution is 9.10. The van der Waals surface area contributed by atoms with Crippen molar-refractivity contribution in [1.29, 1.82) is 0 Å². The van der Waals surface area contributed by atoms with Crippen molar-refractivity contribution in [2.24, 2.45) is 0 Å². The molecule has 0 radical (unpaired) electrons. The maximum Gasteiger partial charge on any atom is 0.261 e. The third kappa shape index (κ3) is 6.51. The van der Waals surface area contributed by atoms with Gasteiger partial charge in [0, 0.05) is 10.5 Å². The van der Waals surface area contributed by atoms with Crippen LogP contribution in [0.2, 0.25) is 0 Å². The summed E-state index contributed by atoms with van der Waals surface area (Å²) in [5.41, 5.74) is 1.39. The topological polar surface area (TPSA) is 79.5 Å². The average molecular weight is 504 g/mol. The first kappa shape index (κ1) is 23.2. The summed E-state index contributed by atoms with van der Waals surface area (Å²) in [6.07, 6.45) is 5.51. The number of anilines is 1. The predicted octanol–water partition coefficient (Wildman–Crippen LogP) is 5.04. The average Bonchev–Trinajstić information content (AvgIpc) is 2.76. The molecule has 1 fully saturated rings. The Kier molecular flexibility index (Phi) is 8.43. The molecule has 164 valence electrons. The van der Waals surface area contributed by atoms with Crippen LogP contribution in [0.5, 0.6) is 5.75 Å². The van der Waals surface area contributed by atoms with Crippen LogP contribution in [0.15, 0.2) is 46.9 Å². The SMILES string of the molecule is CCOc1ccc(Br)cc1C(=O)NC(=S)Nc1ccccc1C(=O)NC1CCCCC1. The molecule has 1 aliphatic carbocycles. The Morgan fingerprint density at radius 1 is 1.06 bits per heavy atom. The number of hydrogen-bond donors (Lipinski definition) is 3. The molecule has 2 aromatic carbocycles. The van der Waals surface area contributed by atoms with Crippen molar-refractivity contribution in [3.8, 4) is 5.75 Å². The van der Waals surface area contributed by atoms with Crippen molar-refractivity contribution in [3.05, 3.63) is 58.1 Å². The van der Waals surface area contributed by atoms with Crippen LogP contribution >= 0.6 is 28.1 Å². The lowest BCUT2D eigenvalue weighted by molar-refractivity contribution is 0.0927. The molecule has 2 amide bonds. The van der Waals surface area contributed by atoms with Crippen LogP contribution in [0.3, 0.4) is 0 Å². The maximum atomic E-state index is 12.8. The van der Waals surface area contributed by atoms with Crippen molar-refractivity contribution < 1.29 is 14.3 Å². The minimum Gasteiger partial charge on any atom is -0.493 e. The second-order valence-corrected chi connectivity index (χ2v) is 8.66. The van der Waals surface area contributed by atoms with E-state index in [9.17, 15) is 9.59 Å². The fourth-order valence-corrected chi connectivity index (χ4v) is 4.15. The largest absolute Gasteiger partial charge is 0.493 e. The minimum absolute atomic E-state index is 0.102. The zero-order valence-electron chi connectivity index (χ0n) is 17.4. The maximum absolute atomic E-state index is 12.8. The lowest BCUT2D eigenvalue weighted by Crippen LogP contribution is -2.37. The number of ether oxygens (including phenoxy) is 1. The number of carbonyl (C=O) groups is 2. The number of halogens is 1. The number of thiocarbonyl (C=S) groups is 1. The summed E-state index contributed by atoms with van der Waals surface area (Å²) in [4.78, 5) is 25.6. The summed E-state index contributed by atoms with van der Waals surface area (Å²) in [5.74, 6) is -0.0700. The van der Waals surface area contributed by atoms with Crippen LogP contribution < -0.4 is 20.7 Å². The van der Waals surface area contributed by atoms with Gasteiger partial charge in [-0.15, -0.1) is 0 Å². The molecule has 6 nitrogen and oxygen atoms in total. The van der Waals surface area contributed by atoms with Gasteiger partial charge >= 0.3 is 0 Å². The number of para-hydroxylation sites is 1. The Hall–Kier alpha value is -2.45. The van der Waals surface area contributed by atoms with E-state index in [0.29, 0.717) is 29.2 Å². The summed E-state index contributed by atoms with van der Waals surface area (Å²) in [7, 11) is 0. The van der Waals surface area contributed by atoms with Gasteiger partial charge in [-0.2, -0.15) is 0 Å². The summed E-state index contributed by atoms with van der Waals surface area (Å²) < 4.78 is 6.29. The molecule has 31 heavy (non-hydrogen) atoms. The molecule has 8 heteroatoms. The highest BCUT2D eigenvalue weighted by atomic mass is 79.9. The molecule has 2 aromatic rings. The van der Waals surface area contributed by atoms with Gasteiger partial charge in [-0.05, 0) is 62.3 Å². The zero-order valence-corrected chi connectivity index (χ0v) is 19.8. The Morgan fingerprint density at radius 3 is 2.55 bits per heavy atom. The van der Waals surface area contributed by atoms with Crippen LogP contribution in [-0.2, 0) is 0 Å². The van der Waals surface area contributed by atoms with Gasteiger partial charge in [0.2, 0.25) is 0 Å². The molecule has 1 aliphatic rings. The summed E-state index contributed by atoms with van der Waals surface area (Å²) in [5, 5.41) is 8.86. The molecule has 3 rings (SSSR count). The van der Waals surface area contributed by atoms with Gasteiger partial charge in [0.05, 0.1) is 23.4 Å². The summed E-state index contributed by atoms with van der Waals surface area (Å²) >= 11 is 8.71. The van der Waals surface area contributed by atoms with Crippen molar-refractivity contribution in [2.75, 3.05) is 11.9 Å². The highest BCUT2D eigenvalue weighted by Gasteiger charge is 2.20. The van der Waals surface area contributed by atoms with Crippen LogP contribution in [0.25, 0.3) is 0 Å². The molecule has 0 aliphatic heterocycles. The van der Waals surface area contributed by atoms with Crippen molar-refractivity contribution in [2.45, 2.75) is 45.1 Å². The van der Waals surface area contributed by atoms with Gasteiger partial charge in [0.15, 0.2) is 5.11 Å². The zero-order chi connectivity index (χ0) is 22.2. The Balaban J connectivity index is 1.68. The Morgan fingerprint density at radius 2 is 1.81 bits per heavy atom. The molecule has 0 saturated heterocycles. The first-order chi connectivity index (χ1) is 15.0. The van der Waals surface area contributed by atoms with Gasteiger partial charge in [0.25, 0.3) is 11.8 Å². The van der Waals surface area contributed by atoms with Gasteiger partial charge in [-0.25, -0.2) is 0 Å². The predicted molar refractivity (Wildman–Crippen MR) is 130 cm³/mol. The minimum atomic E-state index is -0.397. The van der Waals surface area contributed by atoms with E-state index in [2.05, 4.69) is 31.9 Å². The summed E-state index contributed by atoms with van der Waals surface area (Å²) in [6, 6.07) is 12.5. The van der Waals surface area contributed by atoms with E-state index in [0.717, 1.165) is 30.2 Å². The summed E-state index contributed by atoms with van der Waals surface area (Å²) in [6.45, 7) is 2.29. The molecule has 3 N–H and O–H groups in total. The van der Waals surface area contributed by atoms with E-state index in [1.54, 1.807) is 36.4 Å². The van der Waals surface area contributed by atoms with E-state index in [1.165, 1.54) is 6.42 Å². The molecule has 0 heterocycles. The molecule has 0 aromatic heterocycles. The number of carbonyl (C=O) groups excluding carboxylic acids is 2. The lowest BCUT2D eigenvalue weighted by Gasteiger charge is -2.23. The van der Waals surface area contributed by atoms with E-state index in [-0.39, 0.29) is 17.1 Å². The van der Waals surface area contributed by atoms with Gasteiger partial charge in [0.1, 0.15) is 5.75 Å². The second kappa shape index (κ2) is 11.2. The smallest absolute Gasteiger partial charge is 0.261 e. The third-order valence-electron chi connectivity index (χ3n) is 5.07.